The molecule has 2 heterocycles. The molecule has 0 radical (unpaired) electrons. The number of benzene rings is 1. The SMILES string of the molecule is Cn1cnnc1CN1CCOCC1CC(=O)c1ccccc1. The summed E-state index contributed by atoms with van der Waals surface area (Å²) in [4.78, 5) is 14.7. The summed E-state index contributed by atoms with van der Waals surface area (Å²) < 4.78 is 7.47. The van der Waals surface area contributed by atoms with Crippen molar-refractivity contribution in [2.45, 2.75) is 19.0 Å². The molecule has 1 saturated heterocycles. The Morgan fingerprint density at radius 3 is 2.91 bits per heavy atom. The van der Waals surface area contributed by atoms with E-state index in [1.54, 1.807) is 6.33 Å². The van der Waals surface area contributed by atoms with Crippen molar-refractivity contribution in [3.63, 3.8) is 0 Å². The first-order valence-electron chi connectivity index (χ1n) is 7.47. The summed E-state index contributed by atoms with van der Waals surface area (Å²) in [7, 11) is 1.93. The standard InChI is InChI=1S/C16H20N4O2/c1-19-12-17-18-16(19)10-20-7-8-22-11-14(20)9-15(21)13-5-3-2-4-6-13/h2-6,12,14H,7-11H2,1H3. The topological polar surface area (TPSA) is 60.3 Å². The number of hydrogen-bond acceptors (Lipinski definition) is 5. The predicted octanol–water partition coefficient (Wildman–Crippen LogP) is 1.29. The summed E-state index contributed by atoms with van der Waals surface area (Å²) in [5.41, 5.74) is 0.756. The van der Waals surface area contributed by atoms with E-state index < -0.39 is 0 Å². The van der Waals surface area contributed by atoms with Gasteiger partial charge in [-0.25, -0.2) is 0 Å². The zero-order valence-corrected chi connectivity index (χ0v) is 12.7. The zero-order chi connectivity index (χ0) is 15.4. The van der Waals surface area contributed by atoms with Crippen molar-refractivity contribution < 1.29 is 9.53 Å². The average molecular weight is 300 g/mol. The number of Topliss-reactive ketones (excluding diaryl/α,β-unsaturated/α-hetero) is 1. The van der Waals surface area contributed by atoms with Gasteiger partial charge < -0.3 is 9.30 Å². The molecule has 2 aromatic rings. The van der Waals surface area contributed by atoms with Crippen LogP contribution in [-0.4, -0.2) is 51.2 Å². The minimum atomic E-state index is 0.0816. The van der Waals surface area contributed by atoms with Crippen LogP contribution in [0.4, 0.5) is 0 Å². The van der Waals surface area contributed by atoms with Crippen LogP contribution in [0.15, 0.2) is 36.7 Å². The van der Waals surface area contributed by atoms with Gasteiger partial charge in [-0.15, -0.1) is 10.2 Å². The Balaban J connectivity index is 1.67. The van der Waals surface area contributed by atoms with E-state index in [-0.39, 0.29) is 11.8 Å². The third-order valence-corrected chi connectivity index (χ3v) is 4.02. The molecule has 0 N–H and O–H groups in total. The van der Waals surface area contributed by atoms with Crippen LogP contribution in [-0.2, 0) is 18.3 Å². The highest BCUT2D eigenvalue weighted by Crippen LogP contribution is 2.16. The summed E-state index contributed by atoms with van der Waals surface area (Å²) in [6, 6.07) is 9.50. The molecule has 22 heavy (non-hydrogen) atoms. The van der Waals surface area contributed by atoms with Crippen LogP contribution in [0.3, 0.4) is 0 Å². The molecule has 1 unspecified atom stereocenters. The molecule has 6 nitrogen and oxygen atoms in total. The van der Waals surface area contributed by atoms with Crippen LogP contribution in [0.25, 0.3) is 0 Å². The Bertz CT molecular complexity index is 626. The van der Waals surface area contributed by atoms with E-state index in [0.717, 1.165) is 17.9 Å². The summed E-state index contributed by atoms with van der Waals surface area (Å²) in [5.74, 6) is 1.05. The summed E-state index contributed by atoms with van der Waals surface area (Å²) in [6.45, 7) is 2.76. The van der Waals surface area contributed by atoms with Crippen molar-refractivity contribution in [1.82, 2.24) is 19.7 Å². The molecule has 0 spiro atoms. The van der Waals surface area contributed by atoms with E-state index in [2.05, 4.69) is 15.1 Å². The van der Waals surface area contributed by atoms with Crippen LogP contribution in [0.1, 0.15) is 22.6 Å². The molecule has 1 aromatic heterocycles. The fourth-order valence-electron chi connectivity index (χ4n) is 2.67. The number of morpholine rings is 1. The average Bonchev–Trinajstić information content (AvgIpc) is 2.95. The fourth-order valence-corrected chi connectivity index (χ4v) is 2.67. The van der Waals surface area contributed by atoms with E-state index >= 15 is 0 Å². The Morgan fingerprint density at radius 2 is 2.18 bits per heavy atom. The molecule has 0 amide bonds. The molecule has 0 bridgehead atoms. The fraction of sp³-hybridized carbons (Fsp3) is 0.438. The maximum Gasteiger partial charge on any atom is 0.164 e. The van der Waals surface area contributed by atoms with Crippen molar-refractivity contribution in [1.29, 1.82) is 0 Å². The number of rotatable bonds is 5. The van der Waals surface area contributed by atoms with E-state index in [4.69, 9.17) is 4.74 Å². The molecule has 0 aliphatic carbocycles. The Kier molecular flexibility index (Phi) is 4.60. The predicted molar refractivity (Wildman–Crippen MR) is 81.4 cm³/mol. The molecule has 1 fully saturated rings. The van der Waals surface area contributed by atoms with Crippen molar-refractivity contribution in [2.75, 3.05) is 19.8 Å². The van der Waals surface area contributed by atoms with Gasteiger partial charge in [0.25, 0.3) is 0 Å². The summed E-state index contributed by atoms with van der Waals surface area (Å²) >= 11 is 0. The van der Waals surface area contributed by atoms with Gasteiger partial charge in [0.1, 0.15) is 12.2 Å². The minimum absolute atomic E-state index is 0.0816. The van der Waals surface area contributed by atoms with Gasteiger partial charge in [0.2, 0.25) is 0 Å². The van der Waals surface area contributed by atoms with Crippen LogP contribution in [0.5, 0.6) is 0 Å². The monoisotopic (exact) mass is 300 g/mol. The van der Waals surface area contributed by atoms with Gasteiger partial charge in [-0.05, 0) is 0 Å². The molecule has 1 aliphatic rings. The Morgan fingerprint density at radius 1 is 1.36 bits per heavy atom. The molecule has 1 aliphatic heterocycles. The quantitative estimate of drug-likeness (QED) is 0.779. The molecule has 1 aromatic carbocycles. The van der Waals surface area contributed by atoms with Crippen LogP contribution in [0, 0.1) is 0 Å². The lowest BCUT2D eigenvalue weighted by Gasteiger charge is -2.34. The van der Waals surface area contributed by atoms with Crippen molar-refractivity contribution in [3.05, 3.63) is 48.0 Å². The van der Waals surface area contributed by atoms with Crippen molar-refractivity contribution >= 4 is 5.78 Å². The van der Waals surface area contributed by atoms with Gasteiger partial charge in [0, 0.05) is 31.6 Å². The smallest absolute Gasteiger partial charge is 0.164 e. The lowest BCUT2D eigenvalue weighted by molar-refractivity contribution is -0.0140. The summed E-state index contributed by atoms with van der Waals surface area (Å²) in [6.07, 6.45) is 2.15. The molecule has 1 atom stereocenters. The van der Waals surface area contributed by atoms with Crippen molar-refractivity contribution in [3.8, 4) is 0 Å². The highest BCUT2D eigenvalue weighted by atomic mass is 16.5. The van der Waals surface area contributed by atoms with Gasteiger partial charge in [-0.1, -0.05) is 30.3 Å². The first-order valence-corrected chi connectivity index (χ1v) is 7.47. The largest absolute Gasteiger partial charge is 0.378 e. The third kappa shape index (κ3) is 3.40. The number of nitrogens with zero attached hydrogens (tertiary/aromatic N) is 4. The first kappa shape index (κ1) is 14.9. The number of aryl methyl sites for hydroxylation is 1. The van der Waals surface area contributed by atoms with Gasteiger partial charge in [0.15, 0.2) is 5.78 Å². The van der Waals surface area contributed by atoms with Gasteiger partial charge in [0.05, 0.1) is 19.8 Å². The number of ether oxygens (including phenoxy) is 1. The molecular formula is C16H20N4O2. The summed E-state index contributed by atoms with van der Waals surface area (Å²) in [5, 5.41) is 8.04. The van der Waals surface area contributed by atoms with E-state index in [9.17, 15) is 4.79 Å². The van der Waals surface area contributed by atoms with Gasteiger partial charge in [-0.2, -0.15) is 0 Å². The highest BCUT2D eigenvalue weighted by Gasteiger charge is 2.26. The number of carbonyl (C=O) groups excluding carboxylic acids is 1. The lowest BCUT2D eigenvalue weighted by atomic mass is 10.0. The van der Waals surface area contributed by atoms with Crippen LogP contribution in [0.2, 0.25) is 0 Å². The zero-order valence-electron chi connectivity index (χ0n) is 12.7. The second-order valence-corrected chi connectivity index (χ2v) is 5.55. The molecular weight excluding hydrogens is 280 g/mol. The van der Waals surface area contributed by atoms with E-state index in [1.165, 1.54) is 0 Å². The number of carbonyl (C=O) groups is 1. The second kappa shape index (κ2) is 6.81. The Hall–Kier alpha value is -2.05. The van der Waals surface area contributed by atoms with Gasteiger partial charge in [-0.3, -0.25) is 9.69 Å². The maximum atomic E-state index is 12.4. The molecule has 0 saturated carbocycles. The Labute approximate surface area is 129 Å². The number of aromatic nitrogens is 3. The first-order chi connectivity index (χ1) is 10.7. The normalized spacial score (nSPS) is 19.2. The van der Waals surface area contributed by atoms with Crippen LogP contribution >= 0.6 is 0 Å². The number of ketones is 1. The molecule has 116 valence electrons. The third-order valence-electron chi connectivity index (χ3n) is 4.02. The van der Waals surface area contributed by atoms with E-state index in [0.29, 0.717) is 26.2 Å². The molecule has 3 rings (SSSR count). The lowest BCUT2D eigenvalue weighted by Crippen LogP contribution is -2.46. The number of hydrogen-bond donors (Lipinski definition) is 0. The van der Waals surface area contributed by atoms with Gasteiger partial charge >= 0.3 is 0 Å². The minimum Gasteiger partial charge on any atom is -0.378 e. The highest BCUT2D eigenvalue weighted by molar-refractivity contribution is 5.96. The second-order valence-electron chi connectivity index (χ2n) is 5.55. The maximum absolute atomic E-state index is 12.4. The van der Waals surface area contributed by atoms with Crippen LogP contribution < -0.4 is 0 Å². The molecule has 6 heteroatoms. The van der Waals surface area contributed by atoms with E-state index in [1.807, 2.05) is 41.9 Å². The van der Waals surface area contributed by atoms with Crippen molar-refractivity contribution in [2.24, 2.45) is 7.05 Å².